The fourth-order valence-corrected chi connectivity index (χ4v) is 2.28. The van der Waals surface area contributed by atoms with Crippen LogP contribution in [0.3, 0.4) is 0 Å². The lowest BCUT2D eigenvalue weighted by Crippen LogP contribution is -2.44. The van der Waals surface area contributed by atoms with E-state index in [1.807, 2.05) is 6.92 Å². The smallest absolute Gasteiger partial charge is 0.234 e. The highest BCUT2D eigenvalue weighted by molar-refractivity contribution is 7.84. The summed E-state index contributed by atoms with van der Waals surface area (Å²) in [5.41, 5.74) is 4.69. The zero-order valence-electron chi connectivity index (χ0n) is 10.1. The van der Waals surface area contributed by atoms with Crippen LogP contribution in [0, 0.1) is 5.41 Å². The number of carbonyl (C=O) groups excluding carboxylic acids is 1. The van der Waals surface area contributed by atoms with Gasteiger partial charge < -0.3 is 16.3 Å². The first-order valence-electron chi connectivity index (χ1n) is 5.51. The maximum atomic E-state index is 11.9. The fourth-order valence-electron chi connectivity index (χ4n) is 1.60. The van der Waals surface area contributed by atoms with Crippen molar-refractivity contribution in [1.29, 1.82) is 0 Å². The van der Waals surface area contributed by atoms with Gasteiger partial charge in [-0.15, -0.1) is 0 Å². The van der Waals surface area contributed by atoms with Crippen molar-refractivity contribution in [1.82, 2.24) is 5.32 Å². The van der Waals surface area contributed by atoms with E-state index in [-0.39, 0.29) is 17.8 Å². The van der Waals surface area contributed by atoms with Crippen molar-refractivity contribution in [2.45, 2.75) is 32.2 Å². The summed E-state index contributed by atoms with van der Waals surface area (Å²) >= 11 is 0. The van der Waals surface area contributed by atoms with E-state index >= 15 is 0 Å². The lowest BCUT2D eigenvalue weighted by molar-refractivity contribution is -0.124. The Labute approximate surface area is 103 Å². The summed E-state index contributed by atoms with van der Waals surface area (Å²) in [6.07, 6.45) is 3.51. The number of rotatable bonds is 6. The van der Waals surface area contributed by atoms with Gasteiger partial charge in [0.2, 0.25) is 5.91 Å². The van der Waals surface area contributed by atoms with E-state index < -0.39 is 16.2 Å². The van der Waals surface area contributed by atoms with Gasteiger partial charge in [0.15, 0.2) is 5.84 Å². The van der Waals surface area contributed by atoms with Gasteiger partial charge in [0.1, 0.15) is 5.41 Å². The highest BCUT2D eigenvalue weighted by atomic mass is 32.2. The van der Waals surface area contributed by atoms with Gasteiger partial charge in [0.05, 0.1) is 0 Å². The number of oxime groups is 1. The second kappa shape index (κ2) is 5.48. The van der Waals surface area contributed by atoms with E-state index in [0.29, 0.717) is 25.0 Å². The summed E-state index contributed by atoms with van der Waals surface area (Å²) in [4.78, 5) is 11.9. The molecule has 0 saturated heterocycles. The minimum Gasteiger partial charge on any atom is -0.409 e. The molecule has 1 aliphatic rings. The summed E-state index contributed by atoms with van der Waals surface area (Å²) in [5, 5.41) is 14.3. The monoisotopic (exact) mass is 261 g/mol. The first-order chi connectivity index (χ1) is 7.92. The predicted molar refractivity (Wildman–Crippen MR) is 66.2 cm³/mol. The van der Waals surface area contributed by atoms with Gasteiger partial charge >= 0.3 is 0 Å². The molecule has 0 spiro atoms. The molecule has 0 aromatic heterocycles. The molecule has 1 saturated carbocycles. The summed E-state index contributed by atoms with van der Waals surface area (Å²) in [6.45, 7) is 1.85. The summed E-state index contributed by atoms with van der Waals surface area (Å²) in [7, 11) is -0.857. The molecule has 1 fully saturated rings. The highest BCUT2D eigenvalue weighted by Crippen LogP contribution is 2.46. The zero-order valence-corrected chi connectivity index (χ0v) is 10.9. The molecule has 1 aliphatic carbocycles. The number of hydrogen-bond donors (Lipinski definition) is 3. The van der Waals surface area contributed by atoms with Crippen LogP contribution in [0.2, 0.25) is 0 Å². The second-order valence-corrected chi connectivity index (χ2v) is 6.06. The Kier molecular flexibility index (Phi) is 4.50. The predicted octanol–water partition coefficient (Wildman–Crippen LogP) is -0.214. The van der Waals surface area contributed by atoms with Crippen LogP contribution in [0.1, 0.15) is 26.2 Å². The minimum atomic E-state index is -0.857. The SMILES string of the molecule is CC(CCS(C)=O)NC(=O)C1(C(N)=NO)CC1. The van der Waals surface area contributed by atoms with Gasteiger partial charge in [-0.1, -0.05) is 5.16 Å². The molecule has 1 rings (SSSR count). The molecule has 6 nitrogen and oxygen atoms in total. The van der Waals surface area contributed by atoms with E-state index in [0.717, 1.165) is 0 Å². The summed E-state index contributed by atoms with van der Waals surface area (Å²) < 4.78 is 10.9. The number of hydrogen-bond acceptors (Lipinski definition) is 4. The van der Waals surface area contributed by atoms with Gasteiger partial charge in [0, 0.05) is 28.9 Å². The molecule has 1 amide bonds. The number of nitrogens with one attached hydrogen (secondary N) is 1. The lowest BCUT2D eigenvalue weighted by Gasteiger charge is -2.18. The van der Waals surface area contributed by atoms with Crippen LogP contribution in [-0.2, 0) is 15.6 Å². The third-order valence-corrected chi connectivity index (χ3v) is 3.81. The molecular formula is C10H19N3O3S. The number of carbonyl (C=O) groups is 1. The Morgan fingerprint density at radius 3 is 2.65 bits per heavy atom. The van der Waals surface area contributed by atoms with Crippen LogP contribution in [0.15, 0.2) is 5.16 Å². The van der Waals surface area contributed by atoms with E-state index in [2.05, 4.69) is 10.5 Å². The molecule has 0 heterocycles. The van der Waals surface area contributed by atoms with Crippen molar-refractivity contribution >= 4 is 22.5 Å². The first kappa shape index (κ1) is 14.0. The van der Waals surface area contributed by atoms with Gasteiger partial charge in [-0.2, -0.15) is 0 Å². The maximum absolute atomic E-state index is 11.9. The second-order valence-electron chi connectivity index (χ2n) is 4.51. The topological polar surface area (TPSA) is 105 Å². The van der Waals surface area contributed by atoms with Crippen LogP contribution >= 0.6 is 0 Å². The van der Waals surface area contributed by atoms with Crippen LogP contribution in [0.25, 0.3) is 0 Å². The fraction of sp³-hybridized carbons (Fsp3) is 0.800. The summed E-state index contributed by atoms with van der Waals surface area (Å²) in [5.74, 6) is 0.321. The van der Waals surface area contributed by atoms with Crippen molar-refractivity contribution in [3.8, 4) is 0 Å². The Balaban J connectivity index is 2.47. The van der Waals surface area contributed by atoms with Crippen molar-refractivity contribution < 1.29 is 14.2 Å². The van der Waals surface area contributed by atoms with Crippen molar-refractivity contribution in [3.63, 3.8) is 0 Å². The molecular weight excluding hydrogens is 242 g/mol. The Hall–Kier alpha value is -1.11. The van der Waals surface area contributed by atoms with Gasteiger partial charge in [-0.05, 0) is 26.2 Å². The molecule has 4 N–H and O–H groups in total. The molecule has 98 valence electrons. The number of nitrogens with two attached hydrogens (primary N) is 1. The first-order valence-corrected chi connectivity index (χ1v) is 7.24. The van der Waals surface area contributed by atoms with Crippen LogP contribution in [0.4, 0.5) is 0 Å². The number of amidine groups is 1. The lowest BCUT2D eigenvalue weighted by atomic mass is 10.0. The van der Waals surface area contributed by atoms with Crippen LogP contribution in [-0.4, -0.2) is 39.2 Å². The van der Waals surface area contributed by atoms with E-state index in [9.17, 15) is 9.00 Å². The molecule has 7 heteroatoms. The quantitative estimate of drug-likeness (QED) is 0.266. The number of nitrogens with zero attached hydrogens (tertiary/aromatic N) is 1. The van der Waals surface area contributed by atoms with E-state index in [1.165, 1.54) is 0 Å². The molecule has 0 aromatic rings. The van der Waals surface area contributed by atoms with Gasteiger partial charge in [-0.3, -0.25) is 9.00 Å². The average Bonchev–Trinajstić information content (AvgIpc) is 3.06. The molecule has 0 aromatic carbocycles. The molecule has 2 atom stereocenters. The van der Waals surface area contributed by atoms with Gasteiger partial charge in [-0.25, -0.2) is 0 Å². The molecule has 17 heavy (non-hydrogen) atoms. The molecule has 0 aliphatic heterocycles. The normalized spacial score (nSPS) is 21.6. The standard InChI is InChI=1S/C10H19N3O3S/c1-7(3-6-17(2)16)12-9(14)10(4-5-10)8(11)13-15/h7,15H,3-6H2,1-2H3,(H2,11,13)(H,12,14). The molecule has 2 unspecified atom stereocenters. The third-order valence-electron chi connectivity index (χ3n) is 3.00. The van der Waals surface area contributed by atoms with Crippen molar-refractivity contribution in [2.75, 3.05) is 12.0 Å². The summed E-state index contributed by atoms with van der Waals surface area (Å²) in [6, 6.07) is -0.0598. The van der Waals surface area contributed by atoms with Crippen molar-refractivity contribution in [3.05, 3.63) is 0 Å². The molecule has 0 bridgehead atoms. The highest BCUT2D eigenvalue weighted by Gasteiger charge is 2.54. The maximum Gasteiger partial charge on any atom is 0.234 e. The van der Waals surface area contributed by atoms with E-state index in [1.54, 1.807) is 6.26 Å². The average molecular weight is 261 g/mol. The largest absolute Gasteiger partial charge is 0.409 e. The molecule has 0 radical (unpaired) electrons. The zero-order chi connectivity index (χ0) is 13.1. The van der Waals surface area contributed by atoms with Crippen LogP contribution in [0.5, 0.6) is 0 Å². The third kappa shape index (κ3) is 3.42. The van der Waals surface area contributed by atoms with E-state index in [4.69, 9.17) is 10.9 Å². The van der Waals surface area contributed by atoms with Crippen LogP contribution < -0.4 is 11.1 Å². The number of amides is 1. The van der Waals surface area contributed by atoms with Gasteiger partial charge in [0.25, 0.3) is 0 Å². The van der Waals surface area contributed by atoms with Crippen molar-refractivity contribution in [2.24, 2.45) is 16.3 Å². The Morgan fingerprint density at radius 2 is 2.24 bits per heavy atom. The minimum absolute atomic E-state index is 0.0266. The Bertz CT molecular complexity index is 353. The Morgan fingerprint density at radius 1 is 1.65 bits per heavy atom.